The van der Waals surface area contributed by atoms with Crippen LogP contribution in [-0.4, -0.2) is 25.7 Å². The van der Waals surface area contributed by atoms with Gasteiger partial charge in [-0.15, -0.1) is 0 Å². The van der Waals surface area contributed by atoms with E-state index in [4.69, 9.17) is 9.47 Å². The molecule has 0 fully saturated rings. The van der Waals surface area contributed by atoms with Crippen molar-refractivity contribution in [1.29, 1.82) is 0 Å². The SMILES string of the molecule is CCCCOCc1ccc(COCCC(=O)NCC)cc1. The van der Waals surface area contributed by atoms with Gasteiger partial charge in [0.2, 0.25) is 5.91 Å². The molecule has 0 unspecified atom stereocenters. The zero-order chi connectivity index (χ0) is 15.3. The fraction of sp³-hybridized carbons (Fsp3) is 0.588. The Hall–Kier alpha value is -1.39. The summed E-state index contributed by atoms with van der Waals surface area (Å²) in [5, 5.41) is 2.75. The molecule has 1 aromatic carbocycles. The van der Waals surface area contributed by atoms with Gasteiger partial charge in [-0.3, -0.25) is 4.79 Å². The van der Waals surface area contributed by atoms with Crippen molar-refractivity contribution in [2.24, 2.45) is 0 Å². The first-order valence-electron chi connectivity index (χ1n) is 7.76. The fourth-order valence-electron chi connectivity index (χ4n) is 1.81. The number of ether oxygens (including phenoxy) is 2. The average molecular weight is 293 g/mol. The molecule has 0 bridgehead atoms. The van der Waals surface area contributed by atoms with Crippen LogP contribution in [0.3, 0.4) is 0 Å². The zero-order valence-electron chi connectivity index (χ0n) is 13.2. The first-order valence-corrected chi connectivity index (χ1v) is 7.76. The van der Waals surface area contributed by atoms with Crippen LogP contribution in [0.25, 0.3) is 0 Å². The van der Waals surface area contributed by atoms with E-state index in [0.717, 1.165) is 25.0 Å². The first-order chi connectivity index (χ1) is 10.3. The molecule has 0 spiro atoms. The van der Waals surface area contributed by atoms with E-state index in [0.29, 0.717) is 32.8 Å². The predicted octanol–water partition coefficient (Wildman–Crippen LogP) is 3.05. The molecular formula is C17H27NO3. The third kappa shape index (κ3) is 8.48. The topological polar surface area (TPSA) is 47.6 Å². The number of hydrogen-bond acceptors (Lipinski definition) is 3. The standard InChI is InChI=1S/C17H27NO3/c1-3-5-11-20-13-15-6-8-16(9-7-15)14-21-12-10-17(19)18-4-2/h6-9H,3-5,10-14H2,1-2H3,(H,18,19). The summed E-state index contributed by atoms with van der Waals surface area (Å²) in [6.45, 7) is 7.21. The summed E-state index contributed by atoms with van der Waals surface area (Å²) >= 11 is 0. The van der Waals surface area contributed by atoms with Crippen LogP contribution in [0.15, 0.2) is 24.3 Å². The van der Waals surface area contributed by atoms with E-state index in [-0.39, 0.29) is 5.91 Å². The molecule has 0 saturated heterocycles. The summed E-state index contributed by atoms with van der Waals surface area (Å²) in [7, 11) is 0. The molecule has 118 valence electrons. The van der Waals surface area contributed by atoms with Crippen LogP contribution in [0.4, 0.5) is 0 Å². The number of nitrogens with one attached hydrogen (secondary N) is 1. The number of hydrogen-bond donors (Lipinski definition) is 1. The second kappa shape index (κ2) is 11.3. The molecule has 4 heteroatoms. The lowest BCUT2D eigenvalue weighted by Gasteiger charge is -2.07. The molecule has 1 rings (SSSR count). The number of amides is 1. The summed E-state index contributed by atoms with van der Waals surface area (Å²) in [5.41, 5.74) is 2.29. The van der Waals surface area contributed by atoms with Crippen LogP contribution in [0.5, 0.6) is 0 Å². The average Bonchev–Trinajstić information content (AvgIpc) is 2.50. The van der Waals surface area contributed by atoms with Gasteiger partial charge in [-0.25, -0.2) is 0 Å². The lowest BCUT2D eigenvalue weighted by atomic mass is 10.1. The van der Waals surface area contributed by atoms with E-state index in [9.17, 15) is 4.79 Å². The maximum Gasteiger partial charge on any atom is 0.222 e. The highest BCUT2D eigenvalue weighted by molar-refractivity contribution is 5.75. The van der Waals surface area contributed by atoms with Gasteiger partial charge in [0.25, 0.3) is 0 Å². The van der Waals surface area contributed by atoms with Crippen LogP contribution in [0.1, 0.15) is 44.2 Å². The van der Waals surface area contributed by atoms with Gasteiger partial charge in [-0.1, -0.05) is 37.6 Å². The predicted molar refractivity (Wildman–Crippen MR) is 84.0 cm³/mol. The largest absolute Gasteiger partial charge is 0.377 e. The molecule has 0 aromatic heterocycles. The molecule has 0 atom stereocenters. The van der Waals surface area contributed by atoms with Crippen LogP contribution < -0.4 is 5.32 Å². The minimum absolute atomic E-state index is 0.0390. The molecule has 0 aliphatic rings. The summed E-state index contributed by atoms with van der Waals surface area (Å²) in [4.78, 5) is 11.2. The lowest BCUT2D eigenvalue weighted by Crippen LogP contribution is -2.23. The molecule has 0 aliphatic carbocycles. The summed E-state index contributed by atoms with van der Waals surface area (Å²) in [5.74, 6) is 0.0390. The Morgan fingerprint density at radius 1 is 1.00 bits per heavy atom. The van der Waals surface area contributed by atoms with Gasteiger partial charge < -0.3 is 14.8 Å². The first kappa shape index (κ1) is 17.7. The number of carbonyl (C=O) groups excluding carboxylic acids is 1. The van der Waals surface area contributed by atoms with Crippen LogP contribution >= 0.6 is 0 Å². The van der Waals surface area contributed by atoms with Crippen molar-refractivity contribution < 1.29 is 14.3 Å². The van der Waals surface area contributed by atoms with Gasteiger partial charge in [0.05, 0.1) is 19.8 Å². The van der Waals surface area contributed by atoms with E-state index < -0.39 is 0 Å². The van der Waals surface area contributed by atoms with Crippen LogP contribution in [0.2, 0.25) is 0 Å². The fourth-order valence-corrected chi connectivity index (χ4v) is 1.81. The number of carbonyl (C=O) groups is 1. The van der Waals surface area contributed by atoms with E-state index in [2.05, 4.69) is 24.4 Å². The van der Waals surface area contributed by atoms with Crippen molar-refractivity contribution in [1.82, 2.24) is 5.32 Å². The van der Waals surface area contributed by atoms with Crippen molar-refractivity contribution in [2.45, 2.75) is 46.3 Å². The highest BCUT2D eigenvalue weighted by Crippen LogP contribution is 2.07. The number of rotatable bonds is 11. The van der Waals surface area contributed by atoms with E-state index in [1.165, 1.54) is 5.56 Å². The van der Waals surface area contributed by atoms with Crippen LogP contribution in [0, 0.1) is 0 Å². The van der Waals surface area contributed by atoms with E-state index >= 15 is 0 Å². The van der Waals surface area contributed by atoms with Gasteiger partial charge in [0.15, 0.2) is 0 Å². The third-order valence-corrected chi connectivity index (χ3v) is 3.05. The molecule has 1 aromatic rings. The second-order valence-corrected chi connectivity index (χ2v) is 4.98. The Balaban J connectivity index is 2.17. The van der Waals surface area contributed by atoms with Crippen molar-refractivity contribution >= 4 is 5.91 Å². The summed E-state index contributed by atoms with van der Waals surface area (Å²) in [6, 6.07) is 8.22. The molecule has 0 aliphatic heterocycles. The van der Waals surface area contributed by atoms with E-state index in [1.807, 2.05) is 19.1 Å². The second-order valence-electron chi connectivity index (χ2n) is 4.98. The molecule has 1 amide bonds. The Labute approximate surface area is 127 Å². The third-order valence-electron chi connectivity index (χ3n) is 3.05. The van der Waals surface area contributed by atoms with Gasteiger partial charge in [-0.2, -0.15) is 0 Å². The normalized spacial score (nSPS) is 10.6. The number of benzene rings is 1. The maximum absolute atomic E-state index is 11.2. The van der Waals surface area contributed by atoms with E-state index in [1.54, 1.807) is 0 Å². The van der Waals surface area contributed by atoms with Gasteiger partial charge in [0, 0.05) is 19.6 Å². The molecule has 0 radical (unpaired) electrons. The Bertz CT molecular complexity index is 390. The highest BCUT2D eigenvalue weighted by atomic mass is 16.5. The van der Waals surface area contributed by atoms with Gasteiger partial charge >= 0.3 is 0 Å². The van der Waals surface area contributed by atoms with Gasteiger partial charge in [0.1, 0.15) is 0 Å². The van der Waals surface area contributed by atoms with Gasteiger partial charge in [-0.05, 0) is 24.5 Å². The zero-order valence-corrected chi connectivity index (χ0v) is 13.2. The molecule has 4 nitrogen and oxygen atoms in total. The number of unbranched alkanes of at least 4 members (excludes halogenated alkanes) is 1. The Morgan fingerprint density at radius 2 is 1.57 bits per heavy atom. The molecule has 0 heterocycles. The summed E-state index contributed by atoms with van der Waals surface area (Å²) in [6.07, 6.45) is 2.68. The Morgan fingerprint density at radius 3 is 2.10 bits per heavy atom. The highest BCUT2D eigenvalue weighted by Gasteiger charge is 2.00. The molecule has 0 saturated carbocycles. The van der Waals surface area contributed by atoms with Crippen molar-refractivity contribution in [2.75, 3.05) is 19.8 Å². The maximum atomic E-state index is 11.2. The van der Waals surface area contributed by atoms with Crippen LogP contribution in [-0.2, 0) is 27.5 Å². The van der Waals surface area contributed by atoms with Crippen molar-refractivity contribution in [3.05, 3.63) is 35.4 Å². The Kier molecular flexibility index (Phi) is 9.49. The molecule has 21 heavy (non-hydrogen) atoms. The molecular weight excluding hydrogens is 266 g/mol. The molecule has 1 N–H and O–H groups in total. The minimum Gasteiger partial charge on any atom is -0.377 e. The quantitative estimate of drug-likeness (QED) is 0.638. The lowest BCUT2D eigenvalue weighted by molar-refractivity contribution is -0.122. The smallest absolute Gasteiger partial charge is 0.222 e. The monoisotopic (exact) mass is 293 g/mol. The minimum atomic E-state index is 0.0390. The summed E-state index contributed by atoms with van der Waals surface area (Å²) < 4.78 is 11.1. The van der Waals surface area contributed by atoms with Crippen molar-refractivity contribution in [3.8, 4) is 0 Å². The van der Waals surface area contributed by atoms with Crippen molar-refractivity contribution in [3.63, 3.8) is 0 Å².